The number of ether oxygens (including phenoxy) is 1. The van der Waals surface area contributed by atoms with E-state index in [2.05, 4.69) is 15.9 Å². The molecule has 1 fully saturated rings. The summed E-state index contributed by atoms with van der Waals surface area (Å²) in [6.07, 6.45) is -1.33. The molecule has 0 aromatic heterocycles. The first-order valence-electron chi connectivity index (χ1n) is 12.4. The standard InChI is InChI=1S/C32H18BrFO5/c33-19-13-9-17(10-14-19)25-31(26(35)21-5-1-2-6-22(21)27(31)36)30(18-11-15-20(34)16-12-18)39-32(25)28(37)23-7-3-4-8-24(23)29(32)38/h1-16,25,30H/t25-,30+/m1/s1. The Morgan fingerprint density at radius 1 is 0.590 bits per heavy atom. The first kappa shape index (κ1) is 24.0. The van der Waals surface area contributed by atoms with Crippen molar-refractivity contribution in [2.45, 2.75) is 17.6 Å². The van der Waals surface area contributed by atoms with E-state index in [1.807, 2.05) is 0 Å². The van der Waals surface area contributed by atoms with Crippen LogP contribution in [0, 0.1) is 11.2 Å². The summed E-state index contributed by atoms with van der Waals surface area (Å²) in [5.74, 6) is -4.06. The van der Waals surface area contributed by atoms with Gasteiger partial charge in [0.25, 0.3) is 0 Å². The number of carbonyl (C=O) groups excluding carboxylic acids is 4. The Balaban J connectivity index is 1.59. The van der Waals surface area contributed by atoms with Crippen LogP contribution < -0.4 is 0 Å². The van der Waals surface area contributed by atoms with Crippen molar-refractivity contribution < 1.29 is 28.3 Å². The largest absolute Gasteiger partial charge is 0.348 e. The van der Waals surface area contributed by atoms with E-state index in [0.29, 0.717) is 11.1 Å². The maximum Gasteiger partial charge on any atom is 0.204 e. The predicted molar refractivity (Wildman–Crippen MR) is 142 cm³/mol. The number of rotatable bonds is 2. The highest BCUT2D eigenvalue weighted by molar-refractivity contribution is 9.10. The smallest absolute Gasteiger partial charge is 0.204 e. The zero-order valence-electron chi connectivity index (χ0n) is 20.2. The SMILES string of the molecule is O=C1c2ccccc2C(=O)C12O[C@@H](c1ccc(F)cc1)C1(C(=O)c3ccccc3C1=O)[C@H]2c1ccc(Br)cc1. The molecule has 39 heavy (non-hydrogen) atoms. The summed E-state index contributed by atoms with van der Waals surface area (Å²) < 4.78 is 21.3. The summed E-state index contributed by atoms with van der Waals surface area (Å²) in [6, 6.07) is 25.0. The van der Waals surface area contributed by atoms with Gasteiger partial charge in [0.2, 0.25) is 17.2 Å². The van der Waals surface area contributed by atoms with E-state index in [1.165, 1.54) is 24.3 Å². The monoisotopic (exact) mass is 580 g/mol. The summed E-state index contributed by atoms with van der Waals surface area (Å²) in [7, 11) is 0. The fourth-order valence-electron chi connectivity index (χ4n) is 6.62. The molecular formula is C32H18BrFO5. The highest BCUT2D eigenvalue weighted by atomic mass is 79.9. The Morgan fingerprint density at radius 3 is 1.51 bits per heavy atom. The van der Waals surface area contributed by atoms with Gasteiger partial charge in [-0.3, -0.25) is 19.2 Å². The van der Waals surface area contributed by atoms with Gasteiger partial charge in [0.15, 0.2) is 11.6 Å². The lowest BCUT2D eigenvalue weighted by atomic mass is 9.60. The summed E-state index contributed by atoms with van der Waals surface area (Å²) in [6.45, 7) is 0. The lowest BCUT2D eigenvalue weighted by Crippen LogP contribution is -2.51. The van der Waals surface area contributed by atoms with Crippen LogP contribution in [0.1, 0.15) is 64.6 Å². The molecule has 2 atom stereocenters. The van der Waals surface area contributed by atoms with Gasteiger partial charge in [0, 0.05) is 26.7 Å². The molecule has 0 bridgehead atoms. The van der Waals surface area contributed by atoms with Crippen molar-refractivity contribution in [1.82, 2.24) is 0 Å². The van der Waals surface area contributed by atoms with Crippen molar-refractivity contribution in [3.8, 4) is 0 Å². The van der Waals surface area contributed by atoms with E-state index >= 15 is 0 Å². The number of ketones is 4. The number of carbonyl (C=O) groups is 4. The second-order valence-electron chi connectivity index (χ2n) is 10.0. The molecule has 3 aliphatic rings. The van der Waals surface area contributed by atoms with Gasteiger partial charge in [0.05, 0.1) is 5.92 Å². The van der Waals surface area contributed by atoms with Crippen molar-refractivity contribution in [1.29, 1.82) is 0 Å². The Hall–Kier alpha value is -4.07. The minimum atomic E-state index is -2.18. The fourth-order valence-corrected chi connectivity index (χ4v) is 6.88. The molecule has 1 heterocycles. The Morgan fingerprint density at radius 2 is 1.03 bits per heavy atom. The lowest BCUT2D eigenvalue weighted by Gasteiger charge is -2.34. The van der Waals surface area contributed by atoms with Crippen LogP contribution in [-0.4, -0.2) is 28.7 Å². The number of Topliss-reactive ketones (excluding diaryl/α,β-unsaturated/α-hetero) is 4. The van der Waals surface area contributed by atoms with Gasteiger partial charge >= 0.3 is 0 Å². The molecule has 0 amide bonds. The molecule has 7 rings (SSSR count). The maximum atomic E-state index is 14.6. The Labute approximate surface area is 230 Å². The lowest BCUT2D eigenvalue weighted by molar-refractivity contribution is -0.0210. The molecule has 2 spiro atoms. The topological polar surface area (TPSA) is 77.5 Å². The quantitative estimate of drug-likeness (QED) is 0.259. The van der Waals surface area contributed by atoms with Gasteiger partial charge in [-0.25, -0.2) is 4.39 Å². The van der Waals surface area contributed by atoms with Crippen LogP contribution in [0.4, 0.5) is 4.39 Å². The van der Waals surface area contributed by atoms with Crippen molar-refractivity contribution in [2.75, 3.05) is 0 Å². The Kier molecular flexibility index (Phi) is 5.06. The first-order valence-corrected chi connectivity index (χ1v) is 13.2. The van der Waals surface area contributed by atoms with Gasteiger partial charge in [-0.2, -0.15) is 0 Å². The van der Waals surface area contributed by atoms with Gasteiger partial charge < -0.3 is 4.74 Å². The molecular weight excluding hydrogens is 563 g/mol. The van der Waals surface area contributed by atoms with Crippen LogP contribution in [0.25, 0.3) is 0 Å². The molecule has 0 N–H and O–H groups in total. The molecule has 7 heteroatoms. The summed E-state index contributed by atoms with van der Waals surface area (Å²) in [5, 5.41) is 0. The minimum Gasteiger partial charge on any atom is -0.348 e. The molecule has 1 aliphatic heterocycles. The third kappa shape index (κ3) is 2.92. The van der Waals surface area contributed by atoms with Crippen LogP contribution in [0.15, 0.2) is 102 Å². The van der Waals surface area contributed by atoms with Crippen molar-refractivity contribution in [3.63, 3.8) is 0 Å². The van der Waals surface area contributed by atoms with Crippen molar-refractivity contribution >= 4 is 39.1 Å². The third-order valence-corrected chi connectivity index (χ3v) is 8.74. The number of hydrogen-bond acceptors (Lipinski definition) is 5. The summed E-state index contributed by atoms with van der Waals surface area (Å²) in [5.41, 5.74) is -2.65. The van der Waals surface area contributed by atoms with Crippen LogP contribution in [0.5, 0.6) is 0 Å². The van der Waals surface area contributed by atoms with E-state index < -0.39 is 52.0 Å². The van der Waals surface area contributed by atoms with Gasteiger partial charge in [-0.15, -0.1) is 0 Å². The summed E-state index contributed by atoms with van der Waals surface area (Å²) in [4.78, 5) is 57.7. The molecule has 5 nitrogen and oxygen atoms in total. The van der Waals surface area contributed by atoms with E-state index in [-0.39, 0.29) is 22.3 Å². The van der Waals surface area contributed by atoms with Gasteiger partial charge in [-0.1, -0.05) is 88.7 Å². The number of halogens is 2. The molecule has 2 aliphatic carbocycles. The van der Waals surface area contributed by atoms with Crippen molar-refractivity contribution in [3.05, 3.63) is 141 Å². The normalized spacial score (nSPS) is 22.1. The van der Waals surface area contributed by atoms with Crippen LogP contribution >= 0.6 is 15.9 Å². The minimum absolute atomic E-state index is 0.176. The van der Waals surface area contributed by atoms with E-state index in [1.54, 1.807) is 72.8 Å². The second kappa shape index (κ2) is 8.21. The summed E-state index contributed by atoms with van der Waals surface area (Å²) >= 11 is 3.42. The highest BCUT2D eigenvalue weighted by Gasteiger charge is 2.79. The number of benzene rings is 4. The number of hydrogen-bond donors (Lipinski definition) is 0. The molecule has 4 aromatic rings. The van der Waals surface area contributed by atoms with Gasteiger partial charge in [0.1, 0.15) is 17.3 Å². The number of fused-ring (bicyclic) bond motifs is 2. The van der Waals surface area contributed by atoms with E-state index in [9.17, 15) is 23.6 Å². The van der Waals surface area contributed by atoms with Crippen molar-refractivity contribution in [2.24, 2.45) is 5.41 Å². The van der Waals surface area contributed by atoms with Crippen LogP contribution in [0.3, 0.4) is 0 Å². The van der Waals surface area contributed by atoms with Gasteiger partial charge in [-0.05, 0) is 35.4 Å². The zero-order chi connectivity index (χ0) is 27.1. The average molecular weight is 581 g/mol. The zero-order valence-corrected chi connectivity index (χ0v) is 21.8. The maximum absolute atomic E-state index is 14.6. The first-order chi connectivity index (χ1) is 18.8. The third-order valence-electron chi connectivity index (χ3n) is 8.21. The van der Waals surface area contributed by atoms with E-state index in [4.69, 9.17) is 4.74 Å². The second-order valence-corrected chi connectivity index (χ2v) is 11.0. The fraction of sp³-hybridized carbons (Fsp3) is 0.125. The van der Waals surface area contributed by atoms with E-state index in [0.717, 1.165) is 4.47 Å². The highest BCUT2D eigenvalue weighted by Crippen LogP contribution is 2.67. The molecule has 190 valence electrons. The Bertz CT molecular complexity index is 1670. The van der Waals surface area contributed by atoms with Crippen LogP contribution in [-0.2, 0) is 4.74 Å². The predicted octanol–water partition coefficient (Wildman–Crippen LogP) is 6.33. The van der Waals surface area contributed by atoms with Crippen LogP contribution in [0.2, 0.25) is 0 Å². The molecule has 4 aromatic carbocycles. The molecule has 0 radical (unpaired) electrons. The molecule has 0 unspecified atom stereocenters. The molecule has 1 saturated heterocycles. The molecule has 0 saturated carbocycles. The average Bonchev–Trinajstić information content (AvgIpc) is 3.48.